The van der Waals surface area contributed by atoms with Crippen LogP contribution in [-0.4, -0.2) is 23.6 Å². The Morgan fingerprint density at radius 1 is 1.33 bits per heavy atom. The fourth-order valence-electron chi connectivity index (χ4n) is 1.90. The molecule has 0 amide bonds. The summed E-state index contributed by atoms with van der Waals surface area (Å²) in [6, 6.07) is 11.6. The van der Waals surface area contributed by atoms with Crippen LogP contribution in [0.3, 0.4) is 0 Å². The predicted molar refractivity (Wildman–Crippen MR) is 76.5 cm³/mol. The second kappa shape index (κ2) is 6.00. The van der Waals surface area contributed by atoms with E-state index in [1.54, 1.807) is 11.3 Å². The van der Waals surface area contributed by atoms with E-state index in [-0.39, 0.29) is 0 Å². The van der Waals surface area contributed by atoms with Gasteiger partial charge in [-0.2, -0.15) is 0 Å². The number of thiophene rings is 1. The number of hydrogen-bond donors (Lipinski definition) is 2. The fraction of sp³-hybridized carbons (Fsp3) is 0.286. The van der Waals surface area contributed by atoms with Crippen LogP contribution in [-0.2, 0) is 6.54 Å². The zero-order valence-electron chi connectivity index (χ0n) is 10.4. The molecule has 1 aromatic heterocycles. The average molecular weight is 262 g/mol. The Morgan fingerprint density at radius 2 is 2.17 bits per heavy atom. The Bertz CT molecular complexity index is 484. The molecule has 0 radical (unpaired) electrons. The van der Waals surface area contributed by atoms with Crippen molar-refractivity contribution in [2.24, 2.45) is 0 Å². The van der Waals surface area contributed by atoms with Crippen molar-refractivity contribution >= 4 is 17.0 Å². The minimum absolute atomic E-state index is 0.501. The van der Waals surface area contributed by atoms with Crippen molar-refractivity contribution < 1.29 is 5.11 Å². The van der Waals surface area contributed by atoms with E-state index >= 15 is 0 Å². The SMILES string of the molecule is CN(Cc1cccs1)CC(O)c1cccc(N)c1. The van der Waals surface area contributed by atoms with Gasteiger partial charge in [-0.15, -0.1) is 11.3 Å². The van der Waals surface area contributed by atoms with Gasteiger partial charge in [-0.1, -0.05) is 18.2 Å². The fourth-order valence-corrected chi connectivity index (χ4v) is 2.68. The summed E-state index contributed by atoms with van der Waals surface area (Å²) in [4.78, 5) is 3.41. The molecule has 18 heavy (non-hydrogen) atoms. The summed E-state index contributed by atoms with van der Waals surface area (Å²) in [5, 5.41) is 12.2. The number of likely N-dealkylation sites (N-methyl/N-ethyl adjacent to an activating group) is 1. The van der Waals surface area contributed by atoms with Gasteiger partial charge < -0.3 is 10.8 Å². The lowest BCUT2D eigenvalue weighted by molar-refractivity contribution is 0.124. The van der Waals surface area contributed by atoms with Crippen molar-refractivity contribution in [3.8, 4) is 0 Å². The van der Waals surface area contributed by atoms with Gasteiger partial charge in [0.15, 0.2) is 0 Å². The van der Waals surface area contributed by atoms with Crippen molar-refractivity contribution in [1.82, 2.24) is 4.90 Å². The lowest BCUT2D eigenvalue weighted by Gasteiger charge is -2.20. The normalized spacial score (nSPS) is 12.8. The zero-order chi connectivity index (χ0) is 13.0. The monoisotopic (exact) mass is 262 g/mol. The van der Waals surface area contributed by atoms with Crippen LogP contribution in [0.4, 0.5) is 5.69 Å². The topological polar surface area (TPSA) is 49.5 Å². The predicted octanol–water partition coefficient (Wildman–Crippen LogP) is 2.50. The van der Waals surface area contributed by atoms with E-state index in [0.717, 1.165) is 12.1 Å². The molecule has 0 aliphatic rings. The summed E-state index contributed by atoms with van der Waals surface area (Å²) < 4.78 is 0. The van der Waals surface area contributed by atoms with E-state index in [0.29, 0.717) is 12.2 Å². The van der Waals surface area contributed by atoms with Crippen molar-refractivity contribution in [2.45, 2.75) is 12.6 Å². The number of nitrogen functional groups attached to an aromatic ring is 1. The largest absolute Gasteiger partial charge is 0.399 e. The molecule has 1 unspecified atom stereocenters. The van der Waals surface area contributed by atoms with Gasteiger partial charge in [0.1, 0.15) is 0 Å². The van der Waals surface area contributed by atoms with Gasteiger partial charge in [-0.05, 0) is 36.2 Å². The third-order valence-electron chi connectivity index (χ3n) is 2.79. The van der Waals surface area contributed by atoms with Gasteiger partial charge in [-0.3, -0.25) is 4.90 Å². The van der Waals surface area contributed by atoms with E-state index in [1.807, 2.05) is 37.4 Å². The van der Waals surface area contributed by atoms with Crippen LogP contribution < -0.4 is 5.73 Å². The van der Waals surface area contributed by atoms with Crippen LogP contribution in [0.1, 0.15) is 16.5 Å². The minimum Gasteiger partial charge on any atom is -0.399 e. The summed E-state index contributed by atoms with van der Waals surface area (Å²) in [7, 11) is 2.01. The molecule has 1 aromatic carbocycles. The Hall–Kier alpha value is -1.36. The quantitative estimate of drug-likeness (QED) is 0.814. The molecule has 0 fully saturated rings. The van der Waals surface area contributed by atoms with Crippen molar-refractivity contribution in [3.05, 3.63) is 52.2 Å². The zero-order valence-corrected chi connectivity index (χ0v) is 11.2. The number of anilines is 1. The van der Waals surface area contributed by atoms with Gasteiger partial charge in [-0.25, -0.2) is 0 Å². The van der Waals surface area contributed by atoms with Crippen LogP contribution in [0.5, 0.6) is 0 Å². The summed E-state index contributed by atoms with van der Waals surface area (Å²) in [5.74, 6) is 0. The molecule has 96 valence electrons. The van der Waals surface area contributed by atoms with E-state index in [2.05, 4.69) is 16.3 Å². The van der Waals surface area contributed by atoms with E-state index in [4.69, 9.17) is 5.73 Å². The molecular formula is C14H18N2OS. The van der Waals surface area contributed by atoms with Gasteiger partial charge in [0.05, 0.1) is 6.10 Å². The molecule has 0 saturated carbocycles. The second-order valence-corrected chi connectivity index (χ2v) is 5.49. The minimum atomic E-state index is -0.501. The standard InChI is InChI=1S/C14H18N2OS/c1-16(9-13-6-3-7-18-13)10-14(17)11-4-2-5-12(15)8-11/h2-8,14,17H,9-10,15H2,1H3. The molecule has 0 bridgehead atoms. The summed E-state index contributed by atoms with van der Waals surface area (Å²) in [6.07, 6.45) is -0.501. The summed E-state index contributed by atoms with van der Waals surface area (Å²) >= 11 is 1.73. The number of nitrogens with zero attached hydrogens (tertiary/aromatic N) is 1. The van der Waals surface area contributed by atoms with Crippen LogP contribution in [0.2, 0.25) is 0 Å². The molecule has 3 nitrogen and oxygen atoms in total. The molecule has 0 saturated heterocycles. The van der Waals surface area contributed by atoms with E-state index in [1.165, 1.54) is 4.88 Å². The van der Waals surface area contributed by atoms with Gasteiger partial charge in [0.25, 0.3) is 0 Å². The smallest absolute Gasteiger partial charge is 0.0917 e. The van der Waals surface area contributed by atoms with Crippen molar-refractivity contribution in [3.63, 3.8) is 0 Å². The van der Waals surface area contributed by atoms with Gasteiger partial charge >= 0.3 is 0 Å². The van der Waals surface area contributed by atoms with E-state index in [9.17, 15) is 5.11 Å². The first kappa shape index (κ1) is 13.1. The molecule has 3 N–H and O–H groups in total. The first-order valence-electron chi connectivity index (χ1n) is 5.89. The Labute approximate surface area is 111 Å². The Kier molecular flexibility index (Phi) is 4.36. The van der Waals surface area contributed by atoms with Crippen molar-refractivity contribution in [1.29, 1.82) is 0 Å². The van der Waals surface area contributed by atoms with Crippen LogP contribution in [0, 0.1) is 0 Å². The molecule has 2 rings (SSSR count). The molecule has 1 heterocycles. The third-order valence-corrected chi connectivity index (χ3v) is 3.65. The second-order valence-electron chi connectivity index (χ2n) is 4.46. The maximum absolute atomic E-state index is 10.2. The Morgan fingerprint density at radius 3 is 2.83 bits per heavy atom. The van der Waals surface area contributed by atoms with Crippen LogP contribution >= 0.6 is 11.3 Å². The lowest BCUT2D eigenvalue weighted by atomic mass is 10.1. The molecule has 2 aromatic rings. The molecular weight excluding hydrogens is 244 g/mol. The van der Waals surface area contributed by atoms with Crippen LogP contribution in [0.25, 0.3) is 0 Å². The molecule has 0 aliphatic carbocycles. The van der Waals surface area contributed by atoms with Crippen molar-refractivity contribution in [2.75, 3.05) is 19.3 Å². The van der Waals surface area contributed by atoms with E-state index < -0.39 is 6.10 Å². The van der Waals surface area contributed by atoms with Crippen LogP contribution in [0.15, 0.2) is 41.8 Å². The highest BCUT2D eigenvalue weighted by Crippen LogP contribution is 2.18. The number of aliphatic hydroxyl groups excluding tert-OH is 1. The lowest BCUT2D eigenvalue weighted by Crippen LogP contribution is -2.23. The molecule has 0 aliphatic heterocycles. The number of nitrogens with two attached hydrogens (primary N) is 1. The number of rotatable bonds is 5. The number of benzene rings is 1. The highest BCUT2D eigenvalue weighted by molar-refractivity contribution is 7.09. The molecule has 0 spiro atoms. The first-order chi connectivity index (χ1) is 8.65. The maximum atomic E-state index is 10.2. The third kappa shape index (κ3) is 3.57. The first-order valence-corrected chi connectivity index (χ1v) is 6.77. The summed E-state index contributed by atoms with van der Waals surface area (Å²) in [6.45, 7) is 1.46. The number of aliphatic hydroxyl groups is 1. The number of hydrogen-bond acceptors (Lipinski definition) is 4. The molecule has 4 heteroatoms. The Balaban J connectivity index is 1.92. The summed E-state index contributed by atoms with van der Waals surface area (Å²) in [5.41, 5.74) is 7.27. The highest BCUT2D eigenvalue weighted by atomic mass is 32.1. The molecule has 1 atom stereocenters. The highest BCUT2D eigenvalue weighted by Gasteiger charge is 2.11. The van der Waals surface area contributed by atoms with Gasteiger partial charge in [0, 0.05) is 23.7 Å². The average Bonchev–Trinajstić information content (AvgIpc) is 2.81. The maximum Gasteiger partial charge on any atom is 0.0917 e. The van der Waals surface area contributed by atoms with Gasteiger partial charge in [0.2, 0.25) is 0 Å².